The van der Waals surface area contributed by atoms with Crippen LogP contribution in [0, 0.1) is 0 Å². The zero-order valence-corrected chi connectivity index (χ0v) is 14.0. The molecule has 0 saturated carbocycles. The topological polar surface area (TPSA) is 65.6 Å². The van der Waals surface area contributed by atoms with Crippen molar-refractivity contribution in [2.75, 3.05) is 0 Å². The fourth-order valence-electron chi connectivity index (χ4n) is 3.65. The highest BCUT2D eigenvalue weighted by atomic mass is 16.4. The first-order valence-corrected chi connectivity index (χ1v) is 8.51. The molecule has 2 aromatic carbocycles. The van der Waals surface area contributed by atoms with Gasteiger partial charge in [-0.3, -0.25) is 0 Å². The Hall–Kier alpha value is -2.27. The second-order valence-electron chi connectivity index (χ2n) is 6.65. The summed E-state index contributed by atoms with van der Waals surface area (Å²) < 4.78 is 2.19. The van der Waals surface area contributed by atoms with Crippen LogP contribution >= 0.6 is 0 Å². The average Bonchev–Trinajstić information content (AvgIpc) is 2.95. The molecule has 25 heavy (non-hydrogen) atoms. The summed E-state index contributed by atoms with van der Waals surface area (Å²) >= 11 is 0. The van der Waals surface area contributed by atoms with Crippen LogP contribution in [0.5, 0.6) is 0 Å². The van der Waals surface area contributed by atoms with Crippen LogP contribution in [0.4, 0.5) is 0 Å². The summed E-state index contributed by atoms with van der Waals surface area (Å²) in [6, 6.07) is 15.6. The molecule has 0 bridgehead atoms. The predicted octanol–water partition coefficient (Wildman–Crippen LogP) is 1.86. The maximum atomic E-state index is 10.0. The van der Waals surface area contributed by atoms with Crippen LogP contribution in [0.3, 0.4) is 0 Å². The molecular weight excluding hydrogens is 312 g/mol. The van der Waals surface area contributed by atoms with Crippen LogP contribution in [0.1, 0.15) is 11.3 Å². The van der Waals surface area contributed by atoms with E-state index in [4.69, 9.17) is 0 Å². The lowest BCUT2D eigenvalue weighted by Crippen LogP contribution is -2.29. The summed E-state index contributed by atoms with van der Waals surface area (Å²) in [5, 5.41) is 30.1. The molecule has 0 fully saturated rings. The van der Waals surface area contributed by atoms with Crippen molar-refractivity contribution in [2.24, 2.45) is 0 Å². The predicted molar refractivity (Wildman–Crippen MR) is 103 cm³/mol. The fourth-order valence-corrected chi connectivity index (χ4v) is 3.65. The van der Waals surface area contributed by atoms with Crippen LogP contribution in [0.2, 0.25) is 12.6 Å². The van der Waals surface area contributed by atoms with Crippen molar-refractivity contribution in [2.45, 2.75) is 19.1 Å². The highest BCUT2D eigenvalue weighted by molar-refractivity contribution is 6.59. The van der Waals surface area contributed by atoms with E-state index in [0.29, 0.717) is 5.46 Å². The molecular formula is C19H19B2NO3. The van der Waals surface area contributed by atoms with Gasteiger partial charge in [0.05, 0.1) is 5.52 Å². The Kier molecular flexibility index (Phi) is 4.04. The first-order chi connectivity index (χ1) is 12.1. The monoisotopic (exact) mass is 331 g/mol. The Morgan fingerprint density at radius 3 is 2.48 bits per heavy atom. The minimum atomic E-state index is -1.49. The summed E-state index contributed by atoms with van der Waals surface area (Å²) in [6.45, 7) is 1.38. The fraction of sp³-hybridized carbons (Fsp3) is 0.158. The molecule has 1 atom stereocenters. The number of benzene rings is 2. The lowest BCUT2D eigenvalue weighted by molar-refractivity contribution is 0.426. The number of fused-ring (bicyclic) bond motifs is 3. The van der Waals surface area contributed by atoms with Crippen molar-refractivity contribution in [3.8, 4) is 5.69 Å². The summed E-state index contributed by atoms with van der Waals surface area (Å²) in [5.41, 5.74) is 4.78. The van der Waals surface area contributed by atoms with Gasteiger partial charge in [-0.2, -0.15) is 0 Å². The SMILES string of the molecule is CB(O)C1C=Cc2c(c3cc(B(O)O)ccc3n2-c2ccccc2)C1. The lowest BCUT2D eigenvalue weighted by Gasteiger charge is -2.19. The highest BCUT2D eigenvalue weighted by Gasteiger charge is 2.27. The second kappa shape index (κ2) is 6.23. The Labute approximate surface area is 147 Å². The van der Waals surface area contributed by atoms with E-state index in [-0.39, 0.29) is 5.82 Å². The number of hydrogen-bond acceptors (Lipinski definition) is 3. The van der Waals surface area contributed by atoms with Crippen molar-refractivity contribution < 1.29 is 15.1 Å². The number of hydrogen-bond donors (Lipinski definition) is 3. The molecule has 3 N–H and O–H groups in total. The molecule has 0 aliphatic heterocycles. The number of allylic oxidation sites excluding steroid dienone is 1. The summed E-state index contributed by atoms with van der Waals surface area (Å²) in [6.07, 6.45) is 4.86. The molecule has 4 rings (SSSR count). The molecule has 1 aliphatic carbocycles. The van der Waals surface area contributed by atoms with Gasteiger partial charge in [0, 0.05) is 16.8 Å². The van der Waals surface area contributed by atoms with Crippen LogP contribution in [0.15, 0.2) is 54.6 Å². The van der Waals surface area contributed by atoms with Gasteiger partial charge in [-0.25, -0.2) is 0 Å². The van der Waals surface area contributed by atoms with E-state index in [2.05, 4.69) is 28.9 Å². The largest absolute Gasteiger partial charge is 0.488 e. The molecule has 0 amide bonds. The van der Waals surface area contributed by atoms with Crippen LogP contribution in [-0.2, 0) is 6.42 Å². The van der Waals surface area contributed by atoms with Crippen LogP contribution < -0.4 is 5.46 Å². The summed E-state index contributed by atoms with van der Waals surface area (Å²) in [7, 11) is -1.49. The average molecular weight is 331 g/mol. The van der Waals surface area contributed by atoms with Gasteiger partial charge < -0.3 is 19.6 Å². The molecule has 0 spiro atoms. The zero-order valence-electron chi connectivity index (χ0n) is 14.0. The van der Waals surface area contributed by atoms with Crippen molar-refractivity contribution in [1.82, 2.24) is 4.57 Å². The normalized spacial score (nSPS) is 16.1. The standard InChI is InChI=1S/C19H19B2NO3/c1-20(23)13-7-9-18-16(11-13)17-12-14(21(24)25)8-10-19(17)22(18)15-5-3-2-4-6-15/h2-10,12-13,23-25H,11H2,1H3. The first kappa shape index (κ1) is 16.2. The first-order valence-electron chi connectivity index (χ1n) is 8.51. The van der Waals surface area contributed by atoms with Gasteiger partial charge in [-0.1, -0.05) is 43.2 Å². The molecule has 0 radical (unpaired) electrons. The van der Waals surface area contributed by atoms with Gasteiger partial charge in [0.25, 0.3) is 6.92 Å². The maximum absolute atomic E-state index is 10.0. The third-order valence-corrected chi connectivity index (χ3v) is 5.01. The Morgan fingerprint density at radius 1 is 1.04 bits per heavy atom. The third kappa shape index (κ3) is 2.72. The second-order valence-corrected chi connectivity index (χ2v) is 6.65. The molecule has 4 nitrogen and oxygen atoms in total. The van der Waals surface area contributed by atoms with E-state index in [9.17, 15) is 15.1 Å². The zero-order chi connectivity index (χ0) is 17.6. The molecule has 1 aromatic heterocycles. The number of aromatic nitrogens is 1. The van der Waals surface area contributed by atoms with Gasteiger partial charge in [0.2, 0.25) is 0 Å². The molecule has 3 aromatic rings. The van der Waals surface area contributed by atoms with Gasteiger partial charge in [0.15, 0.2) is 0 Å². The van der Waals surface area contributed by atoms with E-state index >= 15 is 0 Å². The maximum Gasteiger partial charge on any atom is 0.488 e. The van der Waals surface area contributed by atoms with Crippen molar-refractivity contribution in [3.63, 3.8) is 0 Å². The summed E-state index contributed by atoms with van der Waals surface area (Å²) in [5.74, 6) is 0.0602. The minimum absolute atomic E-state index is 0.0602. The van der Waals surface area contributed by atoms with E-state index in [1.165, 1.54) is 0 Å². The Balaban J connectivity index is 2.00. The van der Waals surface area contributed by atoms with E-state index in [1.54, 1.807) is 12.9 Å². The quantitative estimate of drug-likeness (QED) is 0.642. The minimum Gasteiger partial charge on any atom is -0.450 e. The van der Waals surface area contributed by atoms with Crippen molar-refractivity contribution in [3.05, 3.63) is 65.9 Å². The number of nitrogens with zero attached hydrogens (tertiary/aromatic N) is 1. The molecule has 6 heteroatoms. The Bertz CT molecular complexity index is 948. The van der Waals surface area contributed by atoms with E-state index in [1.807, 2.05) is 30.3 Å². The van der Waals surface area contributed by atoms with Gasteiger partial charge in [-0.05, 0) is 47.5 Å². The smallest absolute Gasteiger partial charge is 0.450 e. The summed E-state index contributed by atoms with van der Waals surface area (Å²) in [4.78, 5) is 0. The molecule has 1 unspecified atom stereocenters. The van der Waals surface area contributed by atoms with Gasteiger partial charge in [-0.15, -0.1) is 0 Å². The van der Waals surface area contributed by atoms with E-state index in [0.717, 1.165) is 34.3 Å². The molecule has 124 valence electrons. The number of rotatable bonds is 3. The number of para-hydroxylation sites is 1. The third-order valence-electron chi connectivity index (χ3n) is 5.01. The van der Waals surface area contributed by atoms with Crippen molar-refractivity contribution >= 4 is 36.5 Å². The van der Waals surface area contributed by atoms with Gasteiger partial charge >= 0.3 is 7.12 Å². The highest BCUT2D eigenvalue weighted by Crippen LogP contribution is 2.37. The van der Waals surface area contributed by atoms with Crippen molar-refractivity contribution in [1.29, 1.82) is 0 Å². The van der Waals surface area contributed by atoms with Gasteiger partial charge in [0.1, 0.15) is 0 Å². The molecule has 1 aliphatic rings. The Morgan fingerprint density at radius 2 is 1.80 bits per heavy atom. The lowest BCUT2D eigenvalue weighted by atomic mass is 9.55. The van der Waals surface area contributed by atoms with Crippen LogP contribution in [0.25, 0.3) is 22.7 Å². The van der Waals surface area contributed by atoms with E-state index < -0.39 is 14.0 Å². The molecule has 0 saturated heterocycles. The molecule has 1 heterocycles. The van der Waals surface area contributed by atoms with Crippen LogP contribution in [-0.4, -0.2) is 33.7 Å².